The van der Waals surface area contributed by atoms with Crippen molar-refractivity contribution in [2.45, 2.75) is 12.3 Å². The lowest BCUT2D eigenvalue weighted by atomic mass is 9.88. The van der Waals surface area contributed by atoms with Crippen molar-refractivity contribution in [3.8, 4) is 0 Å². The van der Waals surface area contributed by atoms with E-state index in [0.717, 1.165) is 5.69 Å². The largest absolute Gasteiger partial charge is 0.395 e. The average Bonchev–Trinajstić information content (AvgIpc) is 2.51. The van der Waals surface area contributed by atoms with Crippen LogP contribution < -0.4 is 5.73 Å². The second-order valence-corrected chi connectivity index (χ2v) is 3.26. The van der Waals surface area contributed by atoms with E-state index in [9.17, 15) is 0 Å². The maximum absolute atomic E-state index is 9.16. The van der Waals surface area contributed by atoms with E-state index in [0.29, 0.717) is 6.54 Å². The number of aliphatic hydroxyl groups is 1. The molecule has 0 saturated carbocycles. The van der Waals surface area contributed by atoms with E-state index < -0.39 is 0 Å². The molecular formula is C8H15N3O. The zero-order valence-electron chi connectivity index (χ0n) is 7.49. The molecule has 0 radical (unpaired) electrons. The van der Waals surface area contributed by atoms with Gasteiger partial charge in [0.2, 0.25) is 0 Å². The zero-order chi connectivity index (χ0) is 9.19. The number of aryl methyl sites for hydroxylation is 1. The molecule has 4 nitrogen and oxygen atoms in total. The van der Waals surface area contributed by atoms with Gasteiger partial charge < -0.3 is 10.8 Å². The number of nitrogens with zero attached hydrogens (tertiary/aromatic N) is 2. The Hall–Kier alpha value is -0.870. The normalized spacial score (nSPS) is 16.0. The van der Waals surface area contributed by atoms with Gasteiger partial charge in [-0.25, -0.2) is 0 Å². The SMILES string of the molecule is Cn1nccc1C(C)(CN)CO. The first-order valence-electron chi connectivity index (χ1n) is 3.93. The minimum atomic E-state index is -0.370. The molecule has 3 N–H and O–H groups in total. The van der Waals surface area contributed by atoms with E-state index in [1.54, 1.807) is 10.9 Å². The van der Waals surface area contributed by atoms with Crippen LogP contribution in [0.25, 0.3) is 0 Å². The number of hydrogen-bond donors (Lipinski definition) is 2. The Balaban J connectivity index is 3.02. The lowest BCUT2D eigenvalue weighted by Crippen LogP contribution is -2.37. The van der Waals surface area contributed by atoms with Gasteiger partial charge in [-0.2, -0.15) is 5.10 Å². The Morgan fingerprint density at radius 1 is 1.75 bits per heavy atom. The minimum absolute atomic E-state index is 0.0447. The zero-order valence-corrected chi connectivity index (χ0v) is 7.49. The van der Waals surface area contributed by atoms with Crippen molar-refractivity contribution >= 4 is 0 Å². The summed E-state index contributed by atoms with van der Waals surface area (Å²) in [5.74, 6) is 0. The molecule has 0 amide bonds. The number of nitrogens with two attached hydrogens (primary N) is 1. The highest BCUT2D eigenvalue weighted by Gasteiger charge is 2.26. The maximum Gasteiger partial charge on any atom is 0.0552 e. The highest BCUT2D eigenvalue weighted by Crippen LogP contribution is 2.20. The number of hydrogen-bond acceptors (Lipinski definition) is 3. The first-order chi connectivity index (χ1) is 5.64. The molecule has 0 aliphatic heterocycles. The summed E-state index contributed by atoms with van der Waals surface area (Å²) in [6, 6.07) is 1.88. The molecule has 0 saturated heterocycles. The molecule has 1 unspecified atom stereocenters. The molecule has 0 aromatic carbocycles. The summed E-state index contributed by atoms with van der Waals surface area (Å²) in [6.07, 6.45) is 1.71. The molecule has 68 valence electrons. The summed E-state index contributed by atoms with van der Waals surface area (Å²) in [6.45, 7) is 2.38. The van der Waals surface area contributed by atoms with Gasteiger partial charge in [0.15, 0.2) is 0 Å². The lowest BCUT2D eigenvalue weighted by Gasteiger charge is -2.25. The molecule has 1 rings (SSSR count). The minimum Gasteiger partial charge on any atom is -0.395 e. The van der Waals surface area contributed by atoms with E-state index in [2.05, 4.69) is 5.10 Å². The summed E-state index contributed by atoms with van der Waals surface area (Å²) in [5.41, 5.74) is 6.17. The van der Waals surface area contributed by atoms with Gasteiger partial charge in [-0.3, -0.25) is 4.68 Å². The third-order valence-corrected chi connectivity index (χ3v) is 2.24. The van der Waals surface area contributed by atoms with Crippen molar-refractivity contribution in [1.82, 2.24) is 9.78 Å². The molecule has 1 heterocycles. The topological polar surface area (TPSA) is 64.1 Å². The third-order valence-electron chi connectivity index (χ3n) is 2.24. The third kappa shape index (κ3) is 1.35. The van der Waals surface area contributed by atoms with Crippen LogP contribution in [0, 0.1) is 0 Å². The first kappa shape index (κ1) is 9.22. The Morgan fingerprint density at radius 3 is 2.75 bits per heavy atom. The van der Waals surface area contributed by atoms with Gasteiger partial charge in [-0.15, -0.1) is 0 Å². The molecule has 1 aromatic heterocycles. The maximum atomic E-state index is 9.16. The number of rotatable bonds is 3. The van der Waals surface area contributed by atoms with Crippen LogP contribution in [0.5, 0.6) is 0 Å². The summed E-state index contributed by atoms with van der Waals surface area (Å²) in [5, 5.41) is 13.2. The van der Waals surface area contributed by atoms with Crippen molar-refractivity contribution in [3.63, 3.8) is 0 Å². The van der Waals surface area contributed by atoms with Crippen LogP contribution in [0.4, 0.5) is 0 Å². The van der Waals surface area contributed by atoms with Gasteiger partial charge >= 0.3 is 0 Å². The van der Waals surface area contributed by atoms with E-state index in [-0.39, 0.29) is 12.0 Å². The van der Waals surface area contributed by atoms with E-state index >= 15 is 0 Å². The quantitative estimate of drug-likeness (QED) is 0.649. The van der Waals surface area contributed by atoms with E-state index in [4.69, 9.17) is 10.8 Å². The van der Waals surface area contributed by atoms with Crippen LogP contribution in [0.3, 0.4) is 0 Å². The van der Waals surface area contributed by atoms with Gasteiger partial charge in [0.1, 0.15) is 0 Å². The van der Waals surface area contributed by atoms with Crippen LogP contribution in [-0.2, 0) is 12.5 Å². The molecule has 0 fully saturated rings. The van der Waals surface area contributed by atoms with Crippen molar-refractivity contribution in [2.75, 3.05) is 13.2 Å². The van der Waals surface area contributed by atoms with Crippen molar-refractivity contribution in [3.05, 3.63) is 18.0 Å². The monoisotopic (exact) mass is 169 g/mol. The summed E-state index contributed by atoms with van der Waals surface area (Å²) < 4.78 is 1.74. The average molecular weight is 169 g/mol. The van der Waals surface area contributed by atoms with Crippen LogP contribution in [-0.4, -0.2) is 28.0 Å². The van der Waals surface area contributed by atoms with Crippen LogP contribution >= 0.6 is 0 Å². The summed E-state index contributed by atoms with van der Waals surface area (Å²) >= 11 is 0. The van der Waals surface area contributed by atoms with Gasteiger partial charge in [-0.05, 0) is 6.07 Å². The van der Waals surface area contributed by atoms with E-state index in [1.807, 2.05) is 20.0 Å². The smallest absolute Gasteiger partial charge is 0.0552 e. The predicted octanol–water partition coefficient (Wildman–Crippen LogP) is -0.371. The first-order valence-corrected chi connectivity index (χ1v) is 3.93. The summed E-state index contributed by atoms with van der Waals surface area (Å²) in [7, 11) is 1.85. The Labute approximate surface area is 72.0 Å². The Morgan fingerprint density at radius 2 is 2.42 bits per heavy atom. The van der Waals surface area contributed by atoms with Crippen LogP contribution in [0.15, 0.2) is 12.3 Å². The standard InChI is InChI=1S/C8H15N3O/c1-8(5-9,6-12)7-3-4-10-11(7)2/h3-4,12H,5-6,9H2,1-2H3. The second kappa shape index (κ2) is 3.25. The Bertz CT molecular complexity index is 253. The van der Waals surface area contributed by atoms with Crippen LogP contribution in [0.1, 0.15) is 12.6 Å². The molecule has 0 spiro atoms. The number of aliphatic hydroxyl groups excluding tert-OH is 1. The van der Waals surface area contributed by atoms with Gasteiger partial charge in [0.05, 0.1) is 6.61 Å². The highest BCUT2D eigenvalue weighted by molar-refractivity contribution is 5.15. The van der Waals surface area contributed by atoms with Crippen molar-refractivity contribution < 1.29 is 5.11 Å². The van der Waals surface area contributed by atoms with E-state index in [1.165, 1.54) is 0 Å². The van der Waals surface area contributed by atoms with Gasteiger partial charge in [0.25, 0.3) is 0 Å². The predicted molar refractivity (Wildman–Crippen MR) is 46.7 cm³/mol. The highest BCUT2D eigenvalue weighted by atomic mass is 16.3. The molecule has 12 heavy (non-hydrogen) atoms. The molecular weight excluding hydrogens is 154 g/mol. The van der Waals surface area contributed by atoms with Crippen molar-refractivity contribution in [2.24, 2.45) is 12.8 Å². The van der Waals surface area contributed by atoms with Gasteiger partial charge in [0, 0.05) is 30.9 Å². The fraction of sp³-hybridized carbons (Fsp3) is 0.625. The Kier molecular flexibility index (Phi) is 2.49. The van der Waals surface area contributed by atoms with Gasteiger partial charge in [-0.1, -0.05) is 6.92 Å². The van der Waals surface area contributed by atoms with Crippen LogP contribution in [0.2, 0.25) is 0 Å². The number of aromatic nitrogens is 2. The fourth-order valence-electron chi connectivity index (χ4n) is 1.22. The fourth-order valence-corrected chi connectivity index (χ4v) is 1.22. The molecule has 4 heteroatoms. The molecule has 0 bridgehead atoms. The molecule has 0 aliphatic carbocycles. The second-order valence-electron chi connectivity index (χ2n) is 3.26. The molecule has 0 aliphatic rings. The summed E-state index contributed by atoms with van der Waals surface area (Å²) in [4.78, 5) is 0. The molecule has 1 atom stereocenters. The van der Waals surface area contributed by atoms with Crippen molar-refractivity contribution in [1.29, 1.82) is 0 Å². The molecule has 1 aromatic rings. The lowest BCUT2D eigenvalue weighted by molar-refractivity contribution is 0.203.